The predicted molar refractivity (Wildman–Crippen MR) is 76.4 cm³/mol. The SMILES string of the molecule is Brc1ccc(-c2ccc(-c3ccncn3)s2)s1. The van der Waals surface area contributed by atoms with Gasteiger partial charge >= 0.3 is 0 Å². The Labute approximate surface area is 115 Å². The minimum Gasteiger partial charge on any atom is -0.245 e. The van der Waals surface area contributed by atoms with E-state index in [1.165, 1.54) is 14.6 Å². The van der Waals surface area contributed by atoms with E-state index in [1.54, 1.807) is 35.2 Å². The molecule has 3 aromatic heterocycles. The predicted octanol–water partition coefficient (Wildman–Crippen LogP) is 4.70. The normalized spacial score (nSPS) is 10.6. The molecule has 5 heteroatoms. The number of hydrogen-bond acceptors (Lipinski definition) is 4. The first-order chi connectivity index (χ1) is 8.33. The average Bonchev–Trinajstić information content (AvgIpc) is 2.98. The van der Waals surface area contributed by atoms with E-state index in [0.717, 1.165) is 9.48 Å². The fourth-order valence-corrected chi connectivity index (χ4v) is 3.95. The smallest absolute Gasteiger partial charge is 0.116 e. The van der Waals surface area contributed by atoms with Crippen molar-refractivity contribution in [3.8, 4) is 20.3 Å². The molecule has 0 aliphatic rings. The summed E-state index contributed by atoms with van der Waals surface area (Å²) in [5.41, 5.74) is 0.979. The zero-order chi connectivity index (χ0) is 11.7. The van der Waals surface area contributed by atoms with Crippen LogP contribution in [0.2, 0.25) is 0 Å². The highest BCUT2D eigenvalue weighted by Gasteiger charge is 2.07. The van der Waals surface area contributed by atoms with E-state index in [1.807, 2.05) is 6.07 Å². The molecular formula is C12H7BrN2S2. The maximum Gasteiger partial charge on any atom is 0.116 e. The Bertz CT molecular complexity index is 631. The molecule has 0 aliphatic carbocycles. The molecule has 0 bridgehead atoms. The molecule has 0 unspecified atom stereocenters. The van der Waals surface area contributed by atoms with Gasteiger partial charge in [0.15, 0.2) is 0 Å². The van der Waals surface area contributed by atoms with Crippen molar-refractivity contribution in [1.82, 2.24) is 9.97 Å². The van der Waals surface area contributed by atoms with Crippen LogP contribution >= 0.6 is 38.6 Å². The lowest BCUT2D eigenvalue weighted by Gasteiger charge is -1.93. The molecule has 0 aromatic carbocycles. The number of rotatable bonds is 2. The summed E-state index contributed by atoms with van der Waals surface area (Å²) in [7, 11) is 0. The van der Waals surface area contributed by atoms with Gasteiger partial charge in [-0.2, -0.15) is 0 Å². The molecule has 3 rings (SSSR count). The third-order valence-electron chi connectivity index (χ3n) is 2.26. The molecule has 0 amide bonds. The summed E-state index contributed by atoms with van der Waals surface area (Å²) < 4.78 is 1.16. The highest BCUT2D eigenvalue weighted by atomic mass is 79.9. The number of nitrogens with zero attached hydrogens (tertiary/aromatic N) is 2. The zero-order valence-corrected chi connectivity index (χ0v) is 11.8. The van der Waals surface area contributed by atoms with Crippen LogP contribution in [0, 0.1) is 0 Å². The monoisotopic (exact) mass is 322 g/mol. The Morgan fingerprint density at radius 2 is 1.65 bits per heavy atom. The van der Waals surface area contributed by atoms with E-state index < -0.39 is 0 Å². The van der Waals surface area contributed by atoms with Crippen LogP contribution in [0.25, 0.3) is 20.3 Å². The van der Waals surface area contributed by atoms with Gasteiger partial charge in [-0.3, -0.25) is 0 Å². The van der Waals surface area contributed by atoms with Crippen molar-refractivity contribution in [2.45, 2.75) is 0 Å². The second-order valence-electron chi connectivity index (χ2n) is 3.36. The van der Waals surface area contributed by atoms with E-state index in [0.29, 0.717) is 0 Å². The molecule has 84 valence electrons. The summed E-state index contributed by atoms with van der Waals surface area (Å²) in [5.74, 6) is 0. The largest absolute Gasteiger partial charge is 0.245 e. The van der Waals surface area contributed by atoms with Gasteiger partial charge in [-0.05, 0) is 46.3 Å². The highest BCUT2D eigenvalue weighted by molar-refractivity contribution is 9.11. The molecule has 3 aromatic rings. The number of aromatic nitrogens is 2. The van der Waals surface area contributed by atoms with Gasteiger partial charge < -0.3 is 0 Å². The summed E-state index contributed by atoms with van der Waals surface area (Å²) in [4.78, 5) is 11.9. The van der Waals surface area contributed by atoms with E-state index in [-0.39, 0.29) is 0 Å². The van der Waals surface area contributed by atoms with Crippen LogP contribution in [0.1, 0.15) is 0 Å². The summed E-state index contributed by atoms with van der Waals surface area (Å²) in [6, 6.07) is 10.4. The molecule has 0 saturated heterocycles. The molecule has 0 saturated carbocycles. The third-order valence-corrected chi connectivity index (χ3v) is 5.18. The summed E-state index contributed by atoms with van der Waals surface area (Å²) in [6.45, 7) is 0. The fourth-order valence-electron chi connectivity index (χ4n) is 1.49. The van der Waals surface area contributed by atoms with Crippen LogP contribution in [0.5, 0.6) is 0 Å². The third kappa shape index (κ3) is 2.31. The van der Waals surface area contributed by atoms with Crippen molar-refractivity contribution >= 4 is 38.6 Å². The van der Waals surface area contributed by atoms with Crippen LogP contribution in [-0.4, -0.2) is 9.97 Å². The summed E-state index contributed by atoms with van der Waals surface area (Å²) in [6.07, 6.45) is 3.35. The number of halogens is 1. The maximum absolute atomic E-state index is 4.25. The Kier molecular flexibility index (Phi) is 3.05. The van der Waals surface area contributed by atoms with Gasteiger partial charge in [-0.25, -0.2) is 9.97 Å². The molecule has 0 fully saturated rings. The zero-order valence-electron chi connectivity index (χ0n) is 8.63. The molecule has 0 atom stereocenters. The quantitative estimate of drug-likeness (QED) is 0.683. The van der Waals surface area contributed by atoms with Crippen molar-refractivity contribution in [3.63, 3.8) is 0 Å². The molecule has 3 heterocycles. The lowest BCUT2D eigenvalue weighted by Crippen LogP contribution is -1.78. The van der Waals surface area contributed by atoms with Crippen molar-refractivity contribution in [3.05, 3.63) is 46.6 Å². The van der Waals surface area contributed by atoms with Crippen molar-refractivity contribution in [1.29, 1.82) is 0 Å². The van der Waals surface area contributed by atoms with Crippen LogP contribution in [0.15, 0.2) is 46.6 Å². The van der Waals surface area contributed by atoms with Gasteiger partial charge in [0.1, 0.15) is 6.33 Å². The molecular weight excluding hydrogens is 316 g/mol. The lowest BCUT2D eigenvalue weighted by atomic mass is 10.3. The molecule has 17 heavy (non-hydrogen) atoms. The maximum atomic E-state index is 4.25. The minimum atomic E-state index is 0.979. The van der Waals surface area contributed by atoms with Crippen molar-refractivity contribution < 1.29 is 0 Å². The molecule has 0 N–H and O–H groups in total. The van der Waals surface area contributed by atoms with Gasteiger partial charge in [0.25, 0.3) is 0 Å². The average molecular weight is 323 g/mol. The topological polar surface area (TPSA) is 25.8 Å². The van der Waals surface area contributed by atoms with Gasteiger partial charge in [0, 0.05) is 16.0 Å². The van der Waals surface area contributed by atoms with Crippen molar-refractivity contribution in [2.75, 3.05) is 0 Å². The fraction of sp³-hybridized carbons (Fsp3) is 0. The molecule has 2 nitrogen and oxygen atoms in total. The van der Waals surface area contributed by atoms with Crippen LogP contribution in [-0.2, 0) is 0 Å². The lowest BCUT2D eigenvalue weighted by molar-refractivity contribution is 1.18. The van der Waals surface area contributed by atoms with Crippen LogP contribution in [0.4, 0.5) is 0 Å². The summed E-state index contributed by atoms with van der Waals surface area (Å²) >= 11 is 6.98. The number of hydrogen-bond donors (Lipinski definition) is 0. The first-order valence-electron chi connectivity index (χ1n) is 4.95. The minimum absolute atomic E-state index is 0.979. The van der Waals surface area contributed by atoms with E-state index >= 15 is 0 Å². The molecule has 0 spiro atoms. The Balaban J connectivity index is 1.99. The van der Waals surface area contributed by atoms with Gasteiger partial charge in [-0.1, -0.05) is 0 Å². The van der Waals surface area contributed by atoms with E-state index in [9.17, 15) is 0 Å². The van der Waals surface area contributed by atoms with Crippen molar-refractivity contribution in [2.24, 2.45) is 0 Å². The van der Waals surface area contributed by atoms with Gasteiger partial charge in [-0.15, -0.1) is 22.7 Å². The van der Waals surface area contributed by atoms with Gasteiger partial charge in [0.05, 0.1) is 14.4 Å². The van der Waals surface area contributed by atoms with E-state index in [2.05, 4.69) is 50.2 Å². The van der Waals surface area contributed by atoms with Crippen LogP contribution < -0.4 is 0 Å². The second-order valence-corrected chi connectivity index (χ2v) is 6.91. The standard InChI is InChI=1S/C12H7BrN2S2/c13-12-4-3-11(17-12)10-2-1-9(16-10)8-5-6-14-7-15-8/h1-7H. The van der Waals surface area contributed by atoms with E-state index in [4.69, 9.17) is 0 Å². The Hall–Kier alpha value is -1.04. The first kappa shape index (κ1) is 11.1. The molecule has 0 radical (unpaired) electrons. The highest BCUT2D eigenvalue weighted by Crippen LogP contribution is 2.38. The first-order valence-corrected chi connectivity index (χ1v) is 7.37. The Morgan fingerprint density at radius 1 is 0.882 bits per heavy atom. The molecule has 0 aliphatic heterocycles. The second kappa shape index (κ2) is 4.68. The Morgan fingerprint density at radius 3 is 2.35 bits per heavy atom. The number of thiophene rings is 2. The summed E-state index contributed by atoms with van der Waals surface area (Å²) in [5, 5.41) is 0. The van der Waals surface area contributed by atoms with Crippen LogP contribution in [0.3, 0.4) is 0 Å². The van der Waals surface area contributed by atoms with Gasteiger partial charge in [0.2, 0.25) is 0 Å².